The summed E-state index contributed by atoms with van der Waals surface area (Å²) in [6.45, 7) is 4.25. The van der Waals surface area contributed by atoms with Gasteiger partial charge in [0.25, 0.3) is 0 Å². The van der Waals surface area contributed by atoms with Crippen LogP contribution in [0.2, 0.25) is 0 Å². The van der Waals surface area contributed by atoms with Crippen LogP contribution in [0.4, 0.5) is 5.69 Å². The molecule has 0 spiro atoms. The van der Waals surface area contributed by atoms with Crippen molar-refractivity contribution < 1.29 is 9.63 Å². The normalized spacial score (nSPS) is 12.1. The number of benzene rings is 2. The van der Waals surface area contributed by atoms with E-state index >= 15 is 0 Å². The molecule has 0 aliphatic heterocycles. The Balaban J connectivity index is 1.82. The Kier molecular flexibility index (Phi) is 5.51. The lowest BCUT2D eigenvalue weighted by atomic mass is 10.0. The molecule has 25 heavy (non-hydrogen) atoms. The monoisotopic (exact) mass is 336 g/mol. The SMILES string of the molecule is Cc1noc(-c2ccc(-c3ccccc3)cc2)c1NC(C)CCCO. The van der Waals surface area contributed by atoms with Crippen LogP contribution in [-0.2, 0) is 0 Å². The summed E-state index contributed by atoms with van der Waals surface area (Å²) < 4.78 is 5.57. The molecule has 0 radical (unpaired) electrons. The highest BCUT2D eigenvalue weighted by molar-refractivity contribution is 5.76. The summed E-state index contributed by atoms with van der Waals surface area (Å²) in [5, 5.41) is 16.6. The van der Waals surface area contributed by atoms with Gasteiger partial charge in [0.15, 0.2) is 5.76 Å². The van der Waals surface area contributed by atoms with Gasteiger partial charge in [-0.1, -0.05) is 59.8 Å². The highest BCUT2D eigenvalue weighted by Gasteiger charge is 2.16. The average molecular weight is 336 g/mol. The summed E-state index contributed by atoms with van der Waals surface area (Å²) in [4.78, 5) is 0. The molecule has 130 valence electrons. The Bertz CT molecular complexity index is 795. The summed E-state index contributed by atoms with van der Waals surface area (Å²) in [7, 11) is 0. The number of aryl methyl sites for hydroxylation is 1. The molecule has 2 aromatic carbocycles. The molecule has 3 rings (SSSR count). The number of aliphatic hydroxyl groups excluding tert-OH is 1. The molecule has 1 heterocycles. The van der Waals surface area contributed by atoms with Crippen molar-refractivity contribution in [1.29, 1.82) is 0 Å². The van der Waals surface area contributed by atoms with Crippen LogP contribution in [0.3, 0.4) is 0 Å². The fourth-order valence-electron chi connectivity index (χ4n) is 2.90. The van der Waals surface area contributed by atoms with E-state index in [0.717, 1.165) is 35.5 Å². The van der Waals surface area contributed by atoms with E-state index in [1.54, 1.807) is 0 Å². The van der Waals surface area contributed by atoms with Gasteiger partial charge in [0.2, 0.25) is 0 Å². The minimum absolute atomic E-state index is 0.211. The van der Waals surface area contributed by atoms with E-state index < -0.39 is 0 Å². The molecule has 4 nitrogen and oxygen atoms in total. The minimum Gasteiger partial charge on any atom is -0.396 e. The van der Waals surface area contributed by atoms with E-state index in [0.29, 0.717) is 0 Å². The second kappa shape index (κ2) is 7.99. The van der Waals surface area contributed by atoms with E-state index in [1.165, 1.54) is 11.1 Å². The standard InChI is InChI=1S/C21H24N2O2/c1-15(7-6-14-24)22-20-16(2)23-25-21(20)19-12-10-18(11-13-19)17-8-4-3-5-9-17/h3-5,8-13,15,22,24H,6-7,14H2,1-2H3. The second-order valence-electron chi connectivity index (χ2n) is 6.33. The van der Waals surface area contributed by atoms with Crippen molar-refractivity contribution in [2.24, 2.45) is 0 Å². The minimum atomic E-state index is 0.211. The fraction of sp³-hybridized carbons (Fsp3) is 0.286. The number of nitrogens with zero attached hydrogens (tertiary/aromatic N) is 1. The zero-order chi connectivity index (χ0) is 17.6. The quantitative estimate of drug-likeness (QED) is 0.645. The summed E-state index contributed by atoms with van der Waals surface area (Å²) in [6, 6.07) is 18.9. The fourth-order valence-corrected chi connectivity index (χ4v) is 2.90. The van der Waals surface area contributed by atoms with E-state index in [4.69, 9.17) is 9.63 Å². The number of aliphatic hydroxyl groups is 1. The van der Waals surface area contributed by atoms with Crippen molar-refractivity contribution in [1.82, 2.24) is 5.16 Å². The molecule has 3 aromatic rings. The van der Waals surface area contributed by atoms with E-state index in [2.05, 4.69) is 53.8 Å². The van der Waals surface area contributed by atoms with Crippen LogP contribution in [0.25, 0.3) is 22.5 Å². The predicted molar refractivity (Wildman–Crippen MR) is 102 cm³/mol. The van der Waals surface area contributed by atoms with Crippen molar-refractivity contribution in [2.45, 2.75) is 32.7 Å². The third-order valence-corrected chi connectivity index (χ3v) is 4.30. The lowest BCUT2D eigenvalue weighted by molar-refractivity contribution is 0.282. The Morgan fingerprint density at radius 2 is 1.64 bits per heavy atom. The Hall–Kier alpha value is -2.59. The smallest absolute Gasteiger partial charge is 0.190 e. The van der Waals surface area contributed by atoms with Crippen molar-refractivity contribution >= 4 is 5.69 Å². The van der Waals surface area contributed by atoms with Gasteiger partial charge in [-0.05, 0) is 37.8 Å². The first-order valence-corrected chi connectivity index (χ1v) is 8.68. The van der Waals surface area contributed by atoms with E-state index in [-0.39, 0.29) is 12.6 Å². The van der Waals surface area contributed by atoms with Crippen LogP contribution in [0, 0.1) is 6.92 Å². The lowest BCUT2D eigenvalue weighted by Gasteiger charge is -2.14. The maximum absolute atomic E-state index is 8.99. The molecule has 2 N–H and O–H groups in total. The molecule has 0 fully saturated rings. The number of nitrogens with one attached hydrogen (secondary N) is 1. The third-order valence-electron chi connectivity index (χ3n) is 4.30. The first-order valence-electron chi connectivity index (χ1n) is 8.68. The summed E-state index contributed by atoms with van der Waals surface area (Å²) in [5.74, 6) is 0.757. The number of hydrogen-bond donors (Lipinski definition) is 2. The zero-order valence-electron chi connectivity index (χ0n) is 14.7. The average Bonchev–Trinajstić information content (AvgIpc) is 3.01. The van der Waals surface area contributed by atoms with E-state index in [1.807, 2.05) is 25.1 Å². The molecule has 0 saturated carbocycles. The summed E-state index contributed by atoms with van der Waals surface area (Å²) in [5.41, 5.74) is 5.14. The van der Waals surface area contributed by atoms with Crippen molar-refractivity contribution in [3.05, 3.63) is 60.3 Å². The second-order valence-corrected chi connectivity index (χ2v) is 6.33. The number of anilines is 1. The predicted octanol–water partition coefficient (Wildman–Crippen LogP) is 4.89. The van der Waals surface area contributed by atoms with Crippen molar-refractivity contribution in [3.8, 4) is 22.5 Å². The summed E-state index contributed by atoms with van der Waals surface area (Å²) >= 11 is 0. The van der Waals surface area contributed by atoms with Crippen LogP contribution >= 0.6 is 0 Å². The largest absolute Gasteiger partial charge is 0.396 e. The summed E-state index contributed by atoms with van der Waals surface area (Å²) in [6.07, 6.45) is 1.67. The highest BCUT2D eigenvalue weighted by Crippen LogP contribution is 2.33. The molecule has 0 aliphatic carbocycles. The van der Waals surface area contributed by atoms with Gasteiger partial charge in [0, 0.05) is 18.2 Å². The van der Waals surface area contributed by atoms with Gasteiger partial charge in [-0.2, -0.15) is 0 Å². The van der Waals surface area contributed by atoms with Crippen LogP contribution in [0.15, 0.2) is 59.1 Å². The first kappa shape index (κ1) is 17.2. The molecule has 0 aliphatic rings. The van der Waals surface area contributed by atoms with Gasteiger partial charge in [0.1, 0.15) is 11.4 Å². The molecule has 0 amide bonds. The topological polar surface area (TPSA) is 58.3 Å². The Morgan fingerprint density at radius 3 is 2.32 bits per heavy atom. The van der Waals surface area contributed by atoms with Gasteiger partial charge in [-0.3, -0.25) is 0 Å². The van der Waals surface area contributed by atoms with Crippen LogP contribution < -0.4 is 5.32 Å². The van der Waals surface area contributed by atoms with Gasteiger partial charge in [0.05, 0.1) is 0 Å². The number of aromatic nitrogens is 1. The zero-order valence-corrected chi connectivity index (χ0v) is 14.7. The maximum Gasteiger partial charge on any atom is 0.190 e. The molecule has 0 bridgehead atoms. The van der Waals surface area contributed by atoms with Gasteiger partial charge in [-0.15, -0.1) is 0 Å². The molecule has 1 atom stereocenters. The van der Waals surface area contributed by atoms with E-state index in [9.17, 15) is 0 Å². The van der Waals surface area contributed by atoms with Crippen molar-refractivity contribution in [3.63, 3.8) is 0 Å². The van der Waals surface area contributed by atoms with Crippen LogP contribution in [0.5, 0.6) is 0 Å². The van der Waals surface area contributed by atoms with Gasteiger partial charge < -0.3 is 14.9 Å². The molecular weight excluding hydrogens is 312 g/mol. The van der Waals surface area contributed by atoms with Crippen molar-refractivity contribution in [2.75, 3.05) is 11.9 Å². The van der Waals surface area contributed by atoms with Crippen LogP contribution in [0.1, 0.15) is 25.5 Å². The number of rotatable bonds is 7. The van der Waals surface area contributed by atoms with Crippen LogP contribution in [-0.4, -0.2) is 22.9 Å². The molecule has 4 heteroatoms. The number of hydrogen-bond acceptors (Lipinski definition) is 4. The highest BCUT2D eigenvalue weighted by atomic mass is 16.5. The molecule has 1 unspecified atom stereocenters. The maximum atomic E-state index is 8.99. The molecule has 0 saturated heterocycles. The molecular formula is C21H24N2O2. The Morgan fingerprint density at radius 1 is 1.00 bits per heavy atom. The first-order chi connectivity index (χ1) is 12.2. The third kappa shape index (κ3) is 4.09. The lowest BCUT2D eigenvalue weighted by Crippen LogP contribution is -2.16. The molecule has 1 aromatic heterocycles. The Labute approximate surface area is 148 Å². The van der Waals surface area contributed by atoms with Gasteiger partial charge in [-0.25, -0.2) is 0 Å². The van der Waals surface area contributed by atoms with Gasteiger partial charge >= 0.3 is 0 Å².